The zero-order valence-corrected chi connectivity index (χ0v) is 14.4. The molecule has 0 N–H and O–H groups in total. The summed E-state index contributed by atoms with van der Waals surface area (Å²) in [5.41, 5.74) is 1.05. The highest BCUT2D eigenvalue weighted by Crippen LogP contribution is 2.19. The molecule has 0 spiro atoms. The maximum atomic E-state index is 12.3. The molecule has 1 aliphatic heterocycles. The zero-order chi connectivity index (χ0) is 15.5. The van der Waals surface area contributed by atoms with Crippen molar-refractivity contribution in [2.24, 2.45) is 4.99 Å². The number of aryl methyl sites for hydroxylation is 1. The molecule has 2 aromatic rings. The van der Waals surface area contributed by atoms with Crippen LogP contribution in [0.15, 0.2) is 40.4 Å². The number of nitrogens with zero attached hydrogens (tertiary/aromatic N) is 3. The fourth-order valence-corrected chi connectivity index (χ4v) is 3.82. The van der Waals surface area contributed by atoms with Gasteiger partial charge in [-0.05, 0) is 44.2 Å². The van der Waals surface area contributed by atoms with E-state index < -0.39 is 0 Å². The normalized spacial score (nSPS) is 15.5. The number of amides is 2. The molecular weight excluding hydrogens is 314 g/mol. The summed E-state index contributed by atoms with van der Waals surface area (Å²) in [6.45, 7) is 3.70. The third kappa shape index (κ3) is 3.28. The minimum atomic E-state index is -0.117. The van der Waals surface area contributed by atoms with Gasteiger partial charge < -0.3 is 4.90 Å². The Kier molecular flexibility index (Phi) is 4.69. The van der Waals surface area contributed by atoms with Gasteiger partial charge in [0.05, 0.1) is 0 Å². The fourth-order valence-electron chi connectivity index (χ4n) is 2.54. The van der Waals surface area contributed by atoms with Crippen molar-refractivity contribution in [1.82, 2.24) is 9.47 Å². The number of carbonyl (C=O) groups excluding carboxylic acids is 1. The number of hydrogen-bond acceptors (Lipinski definition) is 3. The quantitative estimate of drug-likeness (QED) is 0.786. The van der Waals surface area contributed by atoms with Gasteiger partial charge in [-0.2, -0.15) is 4.99 Å². The predicted molar refractivity (Wildman–Crippen MR) is 91.9 cm³/mol. The highest BCUT2D eigenvalue weighted by molar-refractivity contribution is 7.98. The van der Waals surface area contributed by atoms with E-state index in [0.29, 0.717) is 0 Å². The summed E-state index contributed by atoms with van der Waals surface area (Å²) in [5.74, 6) is 0. The van der Waals surface area contributed by atoms with Crippen LogP contribution in [0.1, 0.15) is 17.7 Å². The summed E-state index contributed by atoms with van der Waals surface area (Å²) in [6.07, 6.45) is 6.27. The molecule has 3 rings (SSSR count). The van der Waals surface area contributed by atoms with E-state index in [9.17, 15) is 4.79 Å². The number of urea groups is 1. The van der Waals surface area contributed by atoms with Gasteiger partial charge in [-0.3, -0.25) is 4.57 Å². The fraction of sp³-hybridized carbons (Fsp3) is 0.375. The van der Waals surface area contributed by atoms with Gasteiger partial charge in [-0.15, -0.1) is 23.1 Å². The molecule has 0 radical (unpaired) electrons. The first-order valence-electron chi connectivity index (χ1n) is 7.34. The Morgan fingerprint density at radius 2 is 2.09 bits per heavy atom. The summed E-state index contributed by atoms with van der Waals surface area (Å²) in [7, 11) is 0. The molecule has 0 bridgehead atoms. The van der Waals surface area contributed by atoms with E-state index in [4.69, 9.17) is 0 Å². The molecular formula is C16H19N3OS2. The van der Waals surface area contributed by atoms with E-state index in [1.165, 1.54) is 4.90 Å². The topological polar surface area (TPSA) is 37.6 Å². The van der Waals surface area contributed by atoms with E-state index in [0.717, 1.165) is 41.3 Å². The molecule has 0 atom stereocenters. The lowest BCUT2D eigenvalue weighted by Crippen LogP contribution is -2.27. The van der Waals surface area contributed by atoms with E-state index in [-0.39, 0.29) is 6.03 Å². The number of benzene rings is 1. The van der Waals surface area contributed by atoms with Gasteiger partial charge in [0.25, 0.3) is 0 Å². The zero-order valence-electron chi connectivity index (χ0n) is 12.8. The van der Waals surface area contributed by atoms with Crippen LogP contribution in [0.3, 0.4) is 0 Å². The van der Waals surface area contributed by atoms with E-state index in [2.05, 4.69) is 23.4 Å². The lowest BCUT2D eigenvalue weighted by Gasteiger charge is -2.10. The SMILES string of the molecule is CSc1cccc(-n2cc(C)sc2=NC(=O)N2CCCC2)c1. The van der Waals surface area contributed by atoms with Crippen molar-refractivity contribution in [3.63, 3.8) is 0 Å². The summed E-state index contributed by atoms with van der Waals surface area (Å²) < 4.78 is 2.01. The number of likely N-dealkylation sites (tertiary alicyclic amines) is 1. The van der Waals surface area contributed by atoms with E-state index in [1.807, 2.05) is 34.7 Å². The van der Waals surface area contributed by atoms with Gasteiger partial charge in [0, 0.05) is 34.7 Å². The van der Waals surface area contributed by atoms with Crippen LogP contribution in [0, 0.1) is 6.92 Å². The largest absolute Gasteiger partial charge is 0.346 e. The van der Waals surface area contributed by atoms with Crippen LogP contribution < -0.4 is 4.80 Å². The van der Waals surface area contributed by atoms with Crippen molar-refractivity contribution in [2.45, 2.75) is 24.7 Å². The summed E-state index contributed by atoms with van der Waals surface area (Å²) in [4.78, 5) is 21.5. The second kappa shape index (κ2) is 6.71. The van der Waals surface area contributed by atoms with Crippen LogP contribution in [0.4, 0.5) is 4.79 Å². The van der Waals surface area contributed by atoms with Gasteiger partial charge in [0.1, 0.15) is 0 Å². The molecule has 4 nitrogen and oxygen atoms in total. The van der Waals surface area contributed by atoms with Gasteiger partial charge in [-0.1, -0.05) is 6.07 Å². The average Bonchev–Trinajstić information content (AvgIpc) is 3.17. The molecule has 0 saturated carbocycles. The molecule has 1 fully saturated rings. The van der Waals surface area contributed by atoms with Crippen LogP contribution in [0.25, 0.3) is 5.69 Å². The third-order valence-corrected chi connectivity index (χ3v) is 5.29. The number of aromatic nitrogens is 1. The first-order valence-corrected chi connectivity index (χ1v) is 9.38. The van der Waals surface area contributed by atoms with Crippen molar-refractivity contribution in [2.75, 3.05) is 19.3 Å². The Balaban J connectivity index is 2.00. The Morgan fingerprint density at radius 1 is 1.32 bits per heavy atom. The summed E-state index contributed by atoms with van der Waals surface area (Å²) >= 11 is 3.26. The van der Waals surface area contributed by atoms with Crippen LogP contribution in [0.2, 0.25) is 0 Å². The predicted octanol–water partition coefficient (Wildman–Crippen LogP) is 3.69. The number of thioether (sulfide) groups is 1. The summed E-state index contributed by atoms with van der Waals surface area (Å²) in [6, 6.07) is 8.17. The average molecular weight is 333 g/mol. The van der Waals surface area contributed by atoms with Crippen LogP contribution >= 0.6 is 23.1 Å². The maximum absolute atomic E-state index is 12.3. The van der Waals surface area contributed by atoms with Crippen molar-refractivity contribution in [1.29, 1.82) is 0 Å². The smallest absolute Gasteiger partial charge is 0.323 e. The molecule has 2 heterocycles. The maximum Gasteiger partial charge on any atom is 0.346 e. The van der Waals surface area contributed by atoms with Crippen molar-refractivity contribution >= 4 is 29.1 Å². The van der Waals surface area contributed by atoms with Crippen molar-refractivity contribution in [3.05, 3.63) is 40.1 Å². The molecule has 6 heteroatoms. The molecule has 0 unspecified atom stereocenters. The monoisotopic (exact) mass is 333 g/mol. The second-order valence-electron chi connectivity index (χ2n) is 5.28. The Bertz CT molecular complexity index is 742. The molecule has 0 aliphatic carbocycles. The van der Waals surface area contributed by atoms with Gasteiger partial charge in [0.15, 0.2) is 4.80 Å². The Labute approximate surface area is 138 Å². The molecule has 116 valence electrons. The third-order valence-electron chi connectivity index (χ3n) is 3.67. The highest BCUT2D eigenvalue weighted by atomic mass is 32.2. The van der Waals surface area contributed by atoms with E-state index >= 15 is 0 Å². The number of hydrogen-bond donors (Lipinski definition) is 0. The molecule has 1 aliphatic rings. The molecule has 1 aromatic carbocycles. The summed E-state index contributed by atoms with van der Waals surface area (Å²) in [5, 5.41) is 0. The van der Waals surface area contributed by atoms with Crippen molar-refractivity contribution < 1.29 is 4.79 Å². The van der Waals surface area contributed by atoms with Gasteiger partial charge in [0.2, 0.25) is 0 Å². The Hall–Kier alpha value is -1.53. The Morgan fingerprint density at radius 3 is 2.82 bits per heavy atom. The van der Waals surface area contributed by atoms with Gasteiger partial charge >= 0.3 is 6.03 Å². The highest BCUT2D eigenvalue weighted by Gasteiger charge is 2.17. The minimum absolute atomic E-state index is 0.117. The van der Waals surface area contributed by atoms with Crippen LogP contribution in [0.5, 0.6) is 0 Å². The first kappa shape index (κ1) is 15.4. The van der Waals surface area contributed by atoms with E-state index in [1.54, 1.807) is 23.1 Å². The molecule has 2 amide bonds. The first-order chi connectivity index (χ1) is 10.7. The van der Waals surface area contributed by atoms with Gasteiger partial charge in [-0.25, -0.2) is 4.79 Å². The standard InChI is InChI=1S/C16H19N3OS2/c1-12-11-19(13-6-5-7-14(10-13)21-2)16(22-12)17-15(20)18-8-3-4-9-18/h5-7,10-11H,3-4,8-9H2,1-2H3. The molecule has 1 saturated heterocycles. The number of thiazole rings is 1. The van der Waals surface area contributed by atoms with Crippen LogP contribution in [-0.4, -0.2) is 34.8 Å². The molecule has 1 aromatic heterocycles. The lowest BCUT2D eigenvalue weighted by atomic mass is 10.3. The number of carbonyl (C=O) groups is 1. The van der Waals surface area contributed by atoms with Crippen LogP contribution in [-0.2, 0) is 0 Å². The van der Waals surface area contributed by atoms with Crippen molar-refractivity contribution in [3.8, 4) is 5.69 Å². The lowest BCUT2D eigenvalue weighted by molar-refractivity contribution is 0.218. The molecule has 22 heavy (non-hydrogen) atoms. The minimum Gasteiger partial charge on any atom is -0.323 e. The number of rotatable bonds is 2. The second-order valence-corrected chi connectivity index (χ2v) is 7.38.